The second-order valence-electron chi connectivity index (χ2n) is 4.91. The van der Waals surface area contributed by atoms with Gasteiger partial charge in [-0.15, -0.1) is 0 Å². The van der Waals surface area contributed by atoms with Gasteiger partial charge in [-0.3, -0.25) is 9.89 Å². The minimum Gasteiger partial charge on any atom is -0.344 e. The normalized spacial score (nSPS) is 11.9. The number of nitrogens with one attached hydrogen (secondary N) is 2. The number of carbonyl (C=O) groups excluding carboxylic acids is 1. The van der Waals surface area contributed by atoms with Gasteiger partial charge in [0.25, 0.3) is 5.91 Å². The van der Waals surface area contributed by atoms with Crippen LogP contribution >= 0.6 is 0 Å². The van der Waals surface area contributed by atoms with E-state index in [1.54, 1.807) is 24.7 Å². The quantitative estimate of drug-likeness (QED) is 0.773. The van der Waals surface area contributed by atoms with Gasteiger partial charge in [-0.1, -0.05) is 24.3 Å². The lowest BCUT2D eigenvalue weighted by molar-refractivity contribution is 0.0935. The number of hydrogen-bond donors (Lipinski definition) is 2. The van der Waals surface area contributed by atoms with Crippen molar-refractivity contribution in [2.24, 2.45) is 0 Å². The molecule has 0 aliphatic rings. The minimum atomic E-state index is -0.175. The molecule has 0 aliphatic heterocycles. The van der Waals surface area contributed by atoms with Crippen LogP contribution in [-0.2, 0) is 0 Å². The SMILES string of the molecule is CC(NC(=O)c1ccn[nH]1)c1ccc(-c2cncnc2)cc1. The fourth-order valence-corrected chi connectivity index (χ4v) is 2.15. The van der Waals surface area contributed by atoms with Crippen molar-refractivity contribution in [3.05, 3.63) is 66.5 Å². The summed E-state index contributed by atoms with van der Waals surface area (Å²) in [7, 11) is 0. The molecule has 6 nitrogen and oxygen atoms in total. The molecule has 1 unspecified atom stereocenters. The first-order chi connectivity index (χ1) is 10.7. The average Bonchev–Trinajstić information content (AvgIpc) is 3.10. The zero-order valence-electron chi connectivity index (χ0n) is 12.0. The molecule has 0 aliphatic carbocycles. The second kappa shape index (κ2) is 6.17. The van der Waals surface area contributed by atoms with Gasteiger partial charge >= 0.3 is 0 Å². The monoisotopic (exact) mass is 293 g/mol. The molecule has 2 heterocycles. The summed E-state index contributed by atoms with van der Waals surface area (Å²) in [5, 5.41) is 9.34. The third-order valence-corrected chi connectivity index (χ3v) is 3.40. The predicted octanol–water partition coefficient (Wildman–Crippen LogP) is 2.36. The number of rotatable bonds is 4. The largest absolute Gasteiger partial charge is 0.344 e. The number of H-pyrrole nitrogens is 1. The molecule has 0 saturated carbocycles. The Morgan fingerprint density at radius 3 is 2.45 bits per heavy atom. The van der Waals surface area contributed by atoms with E-state index < -0.39 is 0 Å². The van der Waals surface area contributed by atoms with E-state index >= 15 is 0 Å². The number of nitrogens with zero attached hydrogens (tertiary/aromatic N) is 3. The highest BCUT2D eigenvalue weighted by molar-refractivity contribution is 5.92. The standard InChI is InChI=1S/C16H15N5O/c1-11(20-16(22)15-6-7-19-21-15)12-2-4-13(5-3-12)14-8-17-10-18-9-14/h2-11H,1H3,(H,19,21)(H,20,22). The molecule has 2 aromatic heterocycles. The molecular formula is C16H15N5O. The van der Waals surface area contributed by atoms with E-state index in [2.05, 4.69) is 25.5 Å². The molecule has 0 bridgehead atoms. The summed E-state index contributed by atoms with van der Waals surface area (Å²) in [6.45, 7) is 1.94. The molecule has 0 fully saturated rings. The van der Waals surface area contributed by atoms with Crippen molar-refractivity contribution in [1.29, 1.82) is 0 Å². The van der Waals surface area contributed by atoms with Gasteiger partial charge in [0.15, 0.2) is 0 Å². The molecule has 3 aromatic rings. The molecule has 3 rings (SSSR count). The Balaban J connectivity index is 1.71. The summed E-state index contributed by atoms with van der Waals surface area (Å²) in [5.74, 6) is -0.175. The molecule has 1 atom stereocenters. The Morgan fingerprint density at radius 2 is 1.82 bits per heavy atom. The van der Waals surface area contributed by atoms with Gasteiger partial charge in [-0.2, -0.15) is 5.10 Å². The van der Waals surface area contributed by atoms with Crippen LogP contribution < -0.4 is 5.32 Å². The summed E-state index contributed by atoms with van der Waals surface area (Å²) in [6, 6.07) is 9.50. The first kappa shape index (κ1) is 13.9. The lowest BCUT2D eigenvalue weighted by Crippen LogP contribution is -2.26. The first-order valence-electron chi connectivity index (χ1n) is 6.89. The number of benzene rings is 1. The lowest BCUT2D eigenvalue weighted by atomic mass is 10.0. The summed E-state index contributed by atoms with van der Waals surface area (Å²) < 4.78 is 0. The minimum absolute atomic E-state index is 0.100. The third kappa shape index (κ3) is 3.01. The Hall–Kier alpha value is -3.02. The van der Waals surface area contributed by atoms with Crippen LogP contribution in [0.1, 0.15) is 29.0 Å². The van der Waals surface area contributed by atoms with E-state index in [4.69, 9.17) is 0 Å². The second-order valence-corrected chi connectivity index (χ2v) is 4.91. The van der Waals surface area contributed by atoms with Gasteiger partial charge in [-0.05, 0) is 24.1 Å². The predicted molar refractivity (Wildman–Crippen MR) is 81.9 cm³/mol. The van der Waals surface area contributed by atoms with Gasteiger partial charge < -0.3 is 5.32 Å². The highest BCUT2D eigenvalue weighted by Gasteiger charge is 2.12. The van der Waals surface area contributed by atoms with E-state index in [1.165, 1.54) is 6.33 Å². The number of aromatic nitrogens is 4. The molecular weight excluding hydrogens is 278 g/mol. The number of amides is 1. The topological polar surface area (TPSA) is 83.6 Å². The van der Waals surface area contributed by atoms with Gasteiger partial charge in [0.05, 0.1) is 6.04 Å². The fraction of sp³-hybridized carbons (Fsp3) is 0.125. The van der Waals surface area contributed by atoms with Crippen LogP contribution in [0, 0.1) is 0 Å². The molecule has 0 spiro atoms. The molecule has 6 heteroatoms. The molecule has 110 valence electrons. The van der Waals surface area contributed by atoms with Gasteiger partial charge in [-0.25, -0.2) is 9.97 Å². The lowest BCUT2D eigenvalue weighted by Gasteiger charge is -2.14. The van der Waals surface area contributed by atoms with E-state index in [1.807, 2.05) is 31.2 Å². The zero-order valence-corrected chi connectivity index (χ0v) is 12.0. The van der Waals surface area contributed by atoms with Crippen molar-refractivity contribution in [3.8, 4) is 11.1 Å². The Kier molecular flexibility index (Phi) is 3.91. The van der Waals surface area contributed by atoms with Crippen molar-refractivity contribution < 1.29 is 4.79 Å². The van der Waals surface area contributed by atoms with E-state index in [0.29, 0.717) is 5.69 Å². The summed E-state index contributed by atoms with van der Waals surface area (Å²) >= 11 is 0. The van der Waals surface area contributed by atoms with Gasteiger partial charge in [0, 0.05) is 24.2 Å². The maximum atomic E-state index is 12.0. The number of hydrogen-bond acceptors (Lipinski definition) is 4. The summed E-state index contributed by atoms with van der Waals surface area (Å²) in [6.07, 6.45) is 6.60. The van der Waals surface area contributed by atoms with E-state index in [9.17, 15) is 4.79 Å². The van der Waals surface area contributed by atoms with Crippen molar-refractivity contribution in [1.82, 2.24) is 25.5 Å². The fourth-order valence-electron chi connectivity index (χ4n) is 2.15. The molecule has 22 heavy (non-hydrogen) atoms. The van der Waals surface area contributed by atoms with Crippen LogP contribution in [-0.4, -0.2) is 26.1 Å². The van der Waals surface area contributed by atoms with Crippen molar-refractivity contribution in [3.63, 3.8) is 0 Å². The maximum absolute atomic E-state index is 12.0. The maximum Gasteiger partial charge on any atom is 0.269 e. The molecule has 1 amide bonds. The highest BCUT2D eigenvalue weighted by Crippen LogP contribution is 2.20. The average molecular weight is 293 g/mol. The van der Waals surface area contributed by atoms with Gasteiger partial charge in [0.2, 0.25) is 0 Å². The molecule has 0 saturated heterocycles. The Labute approximate surface area is 127 Å². The van der Waals surface area contributed by atoms with Crippen LogP contribution in [0.15, 0.2) is 55.2 Å². The highest BCUT2D eigenvalue weighted by atomic mass is 16.2. The van der Waals surface area contributed by atoms with Crippen LogP contribution in [0.5, 0.6) is 0 Å². The number of aromatic amines is 1. The Morgan fingerprint density at radius 1 is 1.09 bits per heavy atom. The van der Waals surface area contributed by atoms with Crippen LogP contribution in [0.2, 0.25) is 0 Å². The summed E-state index contributed by atoms with van der Waals surface area (Å²) in [5.41, 5.74) is 3.47. The van der Waals surface area contributed by atoms with Crippen LogP contribution in [0.4, 0.5) is 0 Å². The Bertz CT molecular complexity index is 738. The summed E-state index contributed by atoms with van der Waals surface area (Å²) in [4.78, 5) is 20.0. The van der Waals surface area contributed by atoms with Gasteiger partial charge in [0.1, 0.15) is 12.0 Å². The van der Waals surface area contributed by atoms with Crippen LogP contribution in [0.25, 0.3) is 11.1 Å². The van der Waals surface area contributed by atoms with Crippen molar-refractivity contribution in [2.45, 2.75) is 13.0 Å². The van der Waals surface area contributed by atoms with E-state index in [-0.39, 0.29) is 11.9 Å². The van der Waals surface area contributed by atoms with Crippen molar-refractivity contribution >= 4 is 5.91 Å². The van der Waals surface area contributed by atoms with E-state index in [0.717, 1.165) is 16.7 Å². The first-order valence-corrected chi connectivity index (χ1v) is 6.89. The molecule has 2 N–H and O–H groups in total. The van der Waals surface area contributed by atoms with Crippen LogP contribution in [0.3, 0.4) is 0 Å². The molecule has 0 radical (unpaired) electrons. The number of carbonyl (C=O) groups is 1. The van der Waals surface area contributed by atoms with Crippen molar-refractivity contribution in [2.75, 3.05) is 0 Å². The third-order valence-electron chi connectivity index (χ3n) is 3.40. The smallest absolute Gasteiger partial charge is 0.269 e. The molecule has 1 aromatic carbocycles. The zero-order chi connectivity index (χ0) is 15.4.